The SMILES string of the molecule is NC(CCN1CCC2CCCCC21)C(=O)O. The summed E-state index contributed by atoms with van der Waals surface area (Å²) in [4.78, 5) is 13.1. The van der Waals surface area contributed by atoms with Crippen LogP contribution in [-0.4, -0.2) is 41.1 Å². The molecule has 2 aliphatic rings. The van der Waals surface area contributed by atoms with Crippen LogP contribution in [0, 0.1) is 5.92 Å². The Morgan fingerprint density at radius 3 is 2.88 bits per heavy atom. The van der Waals surface area contributed by atoms with Crippen LogP contribution in [0.15, 0.2) is 0 Å². The van der Waals surface area contributed by atoms with Gasteiger partial charge in [-0.2, -0.15) is 0 Å². The van der Waals surface area contributed by atoms with Gasteiger partial charge in [0.1, 0.15) is 6.04 Å². The summed E-state index contributed by atoms with van der Waals surface area (Å²) in [6, 6.07) is 0.0254. The van der Waals surface area contributed by atoms with Crippen molar-refractivity contribution in [3.05, 3.63) is 0 Å². The lowest BCUT2D eigenvalue weighted by atomic mass is 9.85. The molecule has 3 unspecified atom stereocenters. The molecule has 0 aromatic heterocycles. The first kappa shape index (κ1) is 11.9. The molecule has 4 nitrogen and oxygen atoms in total. The number of fused-ring (bicyclic) bond motifs is 1. The average molecular weight is 226 g/mol. The van der Waals surface area contributed by atoms with E-state index in [2.05, 4.69) is 4.90 Å². The number of nitrogens with zero attached hydrogens (tertiary/aromatic N) is 1. The third-order valence-electron chi connectivity index (χ3n) is 4.17. The van der Waals surface area contributed by atoms with Gasteiger partial charge in [0.25, 0.3) is 0 Å². The van der Waals surface area contributed by atoms with Crippen molar-refractivity contribution in [3.63, 3.8) is 0 Å². The van der Waals surface area contributed by atoms with Crippen molar-refractivity contribution in [2.75, 3.05) is 13.1 Å². The van der Waals surface area contributed by atoms with E-state index in [0.29, 0.717) is 6.42 Å². The van der Waals surface area contributed by atoms with Crippen molar-refractivity contribution in [3.8, 4) is 0 Å². The highest BCUT2D eigenvalue weighted by Crippen LogP contribution is 2.35. The van der Waals surface area contributed by atoms with Gasteiger partial charge in [0.05, 0.1) is 0 Å². The Kier molecular flexibility index (Phi) is 3.82. The fourth-order valence-electron chi connectivity index (χ4n) is 3.21. The molecule has 3 N–H and O–H groups in total. The highest BCUT2D eigenvalue weighted by molar-refractivity contribution is 5.72. The summed E-state index contributed by atoms with van der Waals surface area (Å²) in [6.07, 6.45) is 7.26. The van der Waals surface area contributed by atoms with E-state index in [9.17, 15) is 4.79 Å². The summed E-state index contributed by atoms with van der Waals surface area (Å²) in [5.74, 6) is -0.00538. The molecule has 4 heteroatoms. The molecule has 3 atom stereocenters. The third kappa shape index (κ3) is 2.55. The van der Waals surface area contributed by atoms with Gasteiger partial charge >= 0.3 is 5.97 Å². The fraction of sp³-hybridized carbons (Fsp3) is 0.917. The number of nitrogens with two attached hydrogens (primary N) is 1. The van der Waals surface area contributed by atoms with Gasteiger partial charge in [-0.1, -0.05) is 12.8 Å². The van der Waals surface area contributed by atoms with Crippen molar-refractivity contribution < 1.29 is 9.90 Å². The minimum absolute atomic E-state index is 0.582. The molecule has 1 aliphatic heterocycles. The molecule has 1 heterocycles. The first-order valence-corrected chi connectivity index (χ1v) is 6.41. The maximum absolute atomic E-state index is 10.6. The molecular formula is C12H22N2O2. The van der Waals surface area contributed by atoms with Gasteiger partial charge in [0.2, 0.25) is 0 Å². The van der Waals surface area contributed by atoms with Crippen LogP contribution in [0.5, 0.6) is 0 Å². The molecule has 0 spiro atoms. The summed E-state index contributed by atoms with van der Waals surface area (Å²) in [5, 5.41) is 8.74. The Balaban J connectivity index is 1.79. The highest BCUT2D eigenvalue weighted by Gasteiger charge is 2.35. The number of aliphatic carboxylic acids is 1. The zero-order valence-electron chi connectivity index (χ0n) is 9.77. The van der Waals surface area contributed by atoms with Crippen molar-refractivity contribution in [2.24, 2.45) is 11.7 Å². The standard InChI is InChI=1S/C12H22N2O2/c13-10(12(15)16)6-8-14-7-5-9-3-1-2-4-11(9)14/h9-11H,1-8,13H2,(H,15,16). The van der Waals surface area contributed by atoms with E-state index >= 15 is 0 Å². The van der Waals surface area contributed by atoms with Crippen LogP contribution in [0.3, 0.4) is 0 Å². The van der Waals surface area contributed by atoms with Crippen molar-refractivity contribution in [2.45, 2.75) is 50.6 Å². The minimum Gasteiger partial charge on any atom is -0.480 e. The summed E-state index contributed by atoms with van der Waals surface area (Å²) < 4.78 is 0. The molecule has 0 amide bonds. The Hall–Kier alpha value is -0.610. The van der Waals surface area contributed by atoms with Crippen molar-refractivity contribution in [1.29, 1.82) is 0 Å². The summed E-state index contributed by atoms with van der Waals surface area (Å²) in [5.41, 5.74) is 5.54. The van der Waals surface area contributed by atoms with Gasteiger partial charge < -0.3 is 15.7 Å². The van der Waals surface area contributed by atoms with Gasteiger partial charge in [-0.3, -0.25) is 4.79 Å². The third-order valence-corrected chi connectivity index (χ3v) is 4.17. The van der Waals surface area contributed by atoms with Crippen LogP contribution in [0.25, 0.3) is 0 Å². The minimum atomic E-state index is -0.876. The number of rotatable bonds is 4. The quantitative estimate of drug-likeness (QED) is 0.752. The smallest absolute Gasteiger partial charge is 0.320 e. The molecule has 1 aliphatic carbocycles. The predicted molar refractivity (Wildman–Crippen MR) is 62.2 cm³/mol. The monoisotopic (exact) mass is 226 g/mol. The molecule has 1 saturated carbocycles. The van der Waals surface area contributed by atoms with Crippen LogP contribution in [0.1, 0.15) is 38.5 Å². The molecule has 0 aromatic rings. The summed E-state index contributed by atoms with van der Waals surface area (Å²) in [6.45, 7) is 2.00. The lowest BCUT2D eigenvalue weighted by Gasteiger charge is -2.31. The van der Waals surface area contributed by atoms with Crippen LogP contribution in [-0.2, 0) is 4.79 Å². The number of carboxylic acid groups (broad SMARTS) is 1. The number of hydrogen-bond donors (Lipinski definition) is 2. The van der Waals surface area contributed by atoms with E-state index in [1.807, 2.05) is 0 Å². The van der Waals surface area contributed by atoms with Crippen molar-refractivity contribution >= 4 is 5.97 Å². The van der Waals surface area contributed by atoms with E-state index < -0.39 is 12.0 Å². The molecule has 2 rings (SSSR count). The van der Waals surface area contributed by atoms with E-state index in [1.54, 1.807) is 0 Å². The lowest BCUT2D eigenvalue weighted by molar-refractivity contribution is -0.138. The van der Waals surface area contributed by atoms with Crippen LogP contribution in [0.2, 0.25) is 0 Å². The van der Waals surface area contributed by atoms with Crippen LogP contribution in [0.4, 0.5) is 0 Å². The molecule has 2 fully saturated rings. The number of likely N-dealkylation sites (tertiary alicyclic amines) is 1. The van der Waals surface area contributed by atoms with Gasteiger partial charge in [-0.15, -0.1) is 0 Å². The van der Waals surface area contributed by atoms with E-state index in [0.717, 1.165) is 25.0 Å². The molecule has 16 heavy (non-hydrogen) atoms. The number of carboxylic acids is 1. The number of carbonyl (C=O) groups is 1. The van der Waals surface area contributed by atoms with E-state index in [1.165, 1.54) is 32.1 Å². The highest BCUT2D eigenvalue weighted by atomic mass is 16.4. The Morgan fingerprint density at radius 2 is 2.12 bits per heavy atom. The molecule has 1 saturated heterocycles. The van der Waals surface area contributed by atoms with Gasteiger partial charge in [-0.25, -0.2) is 0 Å². The fourth-order valence-corrected chi connectivity index (χ4v) is 3.21. The summed E-state index contributed by atoms with van der Waals surface area (Å²) in [7, 11) is 0. The lowest BCUT2D eigenvalue weighted by Crippen LogP contribution is -2.39. The molecule has 0 radical (unpaired) electrons. The first-order chi connectivity index (χ1) is 7.68. The second-order valence-corrected chi connectivity index (χ2v) is 5.17. The normalized spacial score (nSPS) is 32.3. The van der Waals surface area contributed by atoms with Gasteiger partial charge in [0.15, 0.2) is 0 Å². The second kappa shape index (κ2) is 5.15. The largest absolute Gasteiger partial charge is 0.480 e. The topological polar surface area (TPSA) is 66.6 Å². The second-order valence-electron chi connectivity index (χ2n) is 5.17. The summed E-state index contributed by atoms with van der Waals surface area (Å²) >= 11 is 0. The van der Waals surface area contributed by atoms with E-state index in [4.69, 9.17) is 10.8 Å². The molecular weight excluding hydrogens is 204 g/mol. The van der Waals surface area contributed by atoms with Gasteiger partial charge in [-0.05, 0) is 38.1 Å². The Labute approximate surface area is 96.8 Å². The van der Waals surface area contributed by atoms with Crippen LogP contribution >= 0.6 is 0 Å². The van der Waals surface area contributed by atoms with Crippen molar-refractivity contribution in [1.82, 2.24) is 4.90 Å². The van der Waals surface area contributed by atoms with Gasteiger partial charge in [0, 0.05) is 12.6 Å². The maximum atomic E-state index is 10.6. The average Bonchev–Trinajstić information content (AvgIpc) is 2.69. The zero-order valence-corrected chi connectivity index (χ0v) is 9.77. The van der Waals surface area contributed by atoms with Crippen LogP contribution < -0.4 is 5.73 Å². The molecule has 0 bridgehead atoms. The predicted octanol–water partition coefficient (Wildman–Crippen LogP) is 1.05. The molecule has 0 aromatic carbocycles. The Bertz CT molecular complexity index is 257. The zero-order chi connectivity index (χ0) is 11.5. The molecule has 92 valence electrons. The first-order valence-electron chi connectivity index (χ1n) is 6.41. The number of hydrogen-bond acceptors (Lipinski definition) is 3. The Morgan fingerprint density at radius 1 is 1.38 bits per heavy atom. The maximum Gasteiger partial charge on any atom is 0.320 e. The van der Waals surface area contributed by atoms with E-state index in [-0.39, 0.29) is 0 Å².